The van der Waals surface area contributed by atoms with Crippen LogP contribution in [0.1, 0.15) is 29.9 Å². The van der Waals surface area contributed by atoms with Gasteiger partial charge in [0.25, 0.3) is 5.91 Å². The first kappa shape index (κ1) is 15.9. The molecule has 2 amide bonds. The van der Waals surface area contributed by atoms with Crippen LogP contribution >= 0.6 is 0 Å². The summed E-state index contributed by atoms with van der Waals surface area (Å²) in [6, 6.07) is 1.66. The highest BCUT2D eigenvalue weighted by atomic mass is 16.2. The van der Waals surface area contributed by atoms with Crippen LogP contribution in [0, 0.1) is 12.8 Å². The Morgan fingerprint density at radius 1 is 1.35 bits per heavy atom. The van der Waals surface area contributed by atoms with Crippen LogP contribution in [0.4, 0.5) is 5.69 Å². The summed E-state index contributed by atoms with van der Waals surface area (Å²) in [5, 5.41) is 5.25. The van der Waals surface area contributed by atoms with E-state index in [0.29, 0.717) is 23.7 Å². The molecule has 0 saturated carbocycles. The van der Waals surface area contributed by atoms with Gasteiger partial charge in [0.15, 0.2) is 0 Å². The van der Waals surface area contributed by atoms with Crippen molar-refractivity contribution in [3.8, 4) is 0 Å². The summed E-state index contributed by atoms with van der Waals surface area (Å²) in [6.07, 6.45) is 1.42. The molecule has 0 aromatic carbocycles. The average Bonchev–Trinajstić information content (AvgIpc) is 2.42. The lowest BCUT2D eigenvalue weighted by Gasteiger charge is -2.11. The largest absolute Gasteiger partial charge is 0.354 e. The number of amides is 2. The van der Waals surface area contributed by atoms with Gasteiger partial charge in [-0.3, -0.25) is 20.4 Å². The minimum atomic E-state index is -0.398. The second-order valence-corrected chi connectivity index (χ2v) is 4.90. The fourth-order valence-corrected chi connectivity index (χ4v) is 1.50. The molecule has 0 fully saturated rings. The first-order valence-corrected chi connectivity index (χ1v) is 6.42. The second kappa shape index (κ2) is 7.44. The van der Waals surface area contributed by atoms with Crippen molar-refractivity contribution in [2.24, 2.45) is 11.8 Å². The lowest BCUT2D eigenvalue weighted by Crippen LogP contribution is -2.38. The fourth-order valence-electron chi connectivity index (χ4n) is 1.50. The van der Waals surface area contributed by atoms with Gasteiger partial charge in [-0.05, 0) is 18.9 Å². The molecule has 0 aliphatic heterocycles. The highest BCUT2D eigenvalue weighted by molar-refractivity contribution is 6.00. The van der Waals surface area contributed by atoms with Crippen molar-refractivity contribution in [3.63, 3.8) is 0 Å². The lowest BCUT2D eigenvalue weighted by molar-refractivity contribution is -0.120. The van der Waals surface area contributed by atoms with Gasteiger partial charge in [0.05, 0.1) is 17.8 Å². The zero-order chi connectivity index (χ0) is 15.1. The maximum atomic E-state index is 12.0. The lowest BCUT2D eigenvalue weighted by atomic mass is 10.2. The van der Waals surface area contributed by atoms with Gasteiger partial charge in [0.2, 0.25) is 5.91 Å². The van der Waals surface area contributed by atoms with Gasteiger partial charge in [-0.2, -0.15) is 0 Å². The smallest absolute Gasteiger partial charge is 0.255 e. The van der Waals surface area contributed by atoms with Crippen LogP contribution in [0.15, 0.2) is 12.3 Å². The van der Waals surface area contributed by atoms with Gasteiger partial charge < -0.3 is 16.1 Å². The van der Waals surface area contributed by atoms with E-state index in [1.54, 1.807) is 13.0 Å². The van der Waals surface area contributed by atoms with E-state index in [-0.39, 0.29) is 12.5 Å². The molecule has 0 atom stereocenters. The number of nitrogens with two attached hydrogens (primary N) is 1. The summed E-state index contributed by atoms with van der Waals surface area (Å²) in [5.74, 6) is 5.10. The maximum Gasteiger partial charge on any atom is 0.255 e. The number of nitrogens with zero attached hydrogens (tertiary/aromatic N) is 1. The molecule has 0 aliphatic rings. The number of aromatic nitrogens is 1. The number of aryl methyl sites for hydroxylation is 1. The van der Waals surface area contributed by atoms with Crippen LogP contribution < -0.4 is 21.9 Å². The molecule has 1 aromatic rings. The molecule has 0 aliphatic carbocycles. The van der Waals surface area contributed by atoms with Crippen molar-refractivity contribution < 1.29 is 9.59 Å². The Kier molecular flexibility index (Phi) is 5.92. The first-order chi connectivity index (χ1) is 9.43. The molecule has 0 unspecified atom stereocenters. The van der Waals surface area contributed by atoms with Gasteiger partial charge >= 0.3 is 0 Å². The Morgan fingerprint density at radius 3 is 2.65 bits per heavy atom. The molecule has 7 heteroatoms. The SMILES string of the molecule is Cc1cc(NN)c(C(=O)NCC(=O)NCC(C)C)cn1. The predicted octanol–water partition coefficient (Wildman–Crippen LogP) is 0.178. The molecule has 1 aromatic heterocycles. The van der Waals surface area contributed by atoms with E-state index in [1.807, 2.05) is 13.8 Å². The highest BCUT2D eigenvalue weighted by Crippen LogP contribution is 2.13. The van der Waals surface area contributed by atoms with E-state index >= 15 is 0 Å². The number of hydrazine groups is 1. The molecule has 0 radical (unpaired) electrons. The van der Waals surface area contributed by atoms with E-state index in [4.69, 9.17) is 5.84 Å². The molecular weight excluding hydrogens is 258 g/mol. The number of nitrogens with one attached hydrogen (secondary N) is 3. The third kappa shape index (κ3) is 4.85. The summed E-state index contributed by atoms with van der Waals surface area (Å²) in [4.78, 5) is 27.5. The van der Waals surface area contributed by atoms with Crippen molar-refractivity contribution in [1.82, 2.24) is 15.6 Å². The number of hydrogen-bond donors (Lipinski definition) is 4. The van der Waals surface area contributed by atoms with Crippen LogP contribution in [-0.4, -0.2) is 29.9 Å². The van der Waals surface area contributed by atoms with Crippen molar-refractivity contribution in [2.75, 3.05) is 18.5 Å². The molecule has 0 bridgehead atoms. The Labute approximate surface area is 118 Å². The fraction of sp³-hybridized carbons (Fsp3) is 0.462. The summed E-state index contributed by atoms with van der Waals surface area (Å²) >= 11 is 0. The standard InChI is InChI=1S/C13H21N5O2/c1-8(2)5-16-12(19)7-17-13(20)10-6-15-9(3)4-11(10)18-14/h4,6,8H,5,7,14H2,1-3H3,(H,15,18)(H,16,19)(H,17,20). The summed E-state index contributed by atoms with van der Waals surface area (Å²) in [5.41, 5.74) is 3.95. The molecule has 7 nitrogen and oxygen atoms in total. The normalized spacial score (nSPS) is 10.2. The minimum absolute atomic E-state index is 0.0799. The number of rotatable bonds is 6. The van der Waals surface area contributed by atoms with Crippen LogP contribution in [0.25, 0.3) is 0 Å². The number of carbonyl (C=O) groups is 2. The predicted molar refractivity (Wildman–Crippen MR) is 77.0 cm³/mol. The van der Waals surface area contributed by atoms with E-state index in [2.05, 4.69) is 21.0 Å². The third-order valence-electron chi connectivity index (χ3n) is 2.56. The molecule has 0 spiro atoms. The zero-order valence-electron chi connectivity index (χ0n) is 12.0. The molecular formula is C13H21N5O2. The van der Waals surface area contributed by atoms with Crippen LogP contribution in [0.5, 0.6) is 0 Å². The molecule has 1 rings (SSSR count). The van der Waals surface area contributed by atoms with Gasteiger partial charge in [-0.25, -0.2) is 0 Å². The topological polar surface area (TPSA) is 109 Å². The van der Waals surface area contributed by atoms with Gasteiger partial charge in [-0.15, -0.1) is 0 Å². The van der Waals surface area contributed by atoms with E-state index in [1.165, 1.54) is 6.20 Å². The van der Waals surface area contributed by atoms with Crippen molar-refractivity contribution in [1.29, 1.82) is 0 Å². The van der Waals surface area contributed by atoms with Crippen LogP contribution in [0.3, 0.4) is 0 Å². The van der Waals surface area contributed by atoms with Crippen LogP contribution in [0.2, 0.25) is 0 Å². The Hall–Kier alpha value is -2.15. The Balaban J connectivity index is 2.57. The third-order valence-corrected chi connectivity index (χ3v) is 2.56. The summed E-state index contributed by atoms with van der Waals surface area (Å²) in [7, 11) is 0. The Bertz CT molecular complexity index is 488. The van der Waals surface area contributed by atoms with Gasteiger partial charge in [-0.1, -0.05) is 13.8 Å². The summed E-state index contributed by atoms with van der Waals surface area (Å²) < 4.78 is 0. The van der Waals surface area contributed by atoms with Crippen molar-refractivity contribution in [2.45, 2.75) is 20.8 Å². The summed E-state index contributed by atoms with van der Waals surface area (Å²) in [6.45, 7) is 6.29. The Morgan fingerprint density at radius 2 is 2.05 bits per heavy atom. The second-order valence-electron chi connectivity index (χ2n) is 4.90. The number of anilines is 1. The van der Waals surface area contributed by atoms with Crippen LogP contribution in [-0.2, 0) is 4.79 Å². The molecule has 110 valence electrons. The number of carbonyl (C=O) groups excluding carboxylic acids is 2. The number of hydrogen-bond acceptors (Lipinski definition) is 5. The van der Waals surface area contributed by atoms with E-state index in [9.17, 15) is 9.59 Å². The minimum Gasteiger partial charge on any atom is -0.354 e. The van der Waals surface area contributed by atoms with Crippen molar-refractivity contribution in [3.05, 3.63) is 23.5 Å². The highest BCUT2D eigenvalue weighted by Gasteiger charge is 2.13. The maximum absolute atomic E-state index is 12.0. The van der Waals surface area contributed by atoms with E-state index < -0.39 is 5.91 Å². The monoisotopic (exact) mass is 279 g/mol. The quantitative estimate of drug-likeness (QED) is 0.438. The van der Waals surface area contributed by atoms with Gasteiger partial charge in [0.1, 0.15) is 0 Å². The molecule has 5 N–H and O–H groups in total. The molecule has 20 heavy (non-hydrogen) atoms. The number of pyridine rings is 1. The molecule has 0 saturated heterocycles. The van der Waals surface area contributed by atoms with Gasteiger partial charge in [0, 0.05) is 18.4 Å². The average molecular weight is 279 g/mol. The first-order valence-electron chi connectivity index (χ1n) is 6.42. The van der Waals surface area contributed by atoms with Crippen molar-refractivity contribution >= 4 is 17.5 Å². The number of nitrogen functional groups attached to an aromatic ring is 1. The zero-order valence-corrected chi connectivity index (χ0v) is 12.0. The van der Waals surface area contributed by atoms with E-state index in [0.717, 1.165) is 5.69 Å². The molecule has 1 heterocycles.